The van der Waals surface area contributed by atoms with E-state index in [2.05, 4.69) is 10.1 Å². The van der Waals surface area contributed by atoms with Crippen molar-refractivity contribution in [1.82, 2.24) is 14.8 Å². The molecule has 6 nitrogen and oxygen atoms in total. The number of nitrogens with zero attached hydrogens (tertiary/aromatic N) is 3. The molecule has 0 spiro atoms. The van der Waals surface area contributed by atoms with E-state index >= 15 is 0 Å². The van der Waals surface area contributed by atoms with Gasteiger partial charge in [-0.3, -0.25) is 0 Å². The van der Waals surface area contributed by atoms with Crippen molar-refractivity contribution in [3.63, 3.8) is 0 Å². The zero-order valence-electron chi connectivity index (χ0n) is 8.30. The number of ether oxygens (including phenoxy) is 1. The second-order valence-electron chi connectivity index (χ2n) is 2.77. The smallest absolute Gasteiger partial charge is 0.330 e. The van der Waals surface area contributed by atoms with Crippen LogP contribution in [-0.4, -0.2) is 27.3 Å². The molecule has 0 aromatic carbocycles. The molecule has 0 bridgehead atoms. The Labute approximate surface area is 82.1 Å². The van der Waals surface area contributed by atoms with Gasteiger partial charge in [0, 0.05) is 0 Å². The van der Waals surface area contributed by atoms with Gasteiger partial charge in [-0.25, -0.2) is 14.5 Å². The van der Waals surface area contributed by atoms with Crippen molar-refractivity contribution in [2.75, 3.05) is 6.61 Å². The second-order valence-corrected chi connectivity index (χ2v) is 2.77. The molecular formula is C8H14N4O2. The lowest BCUT2D eigenvalue weighted by Crippen LogP contribution is -2.19. The van der Waals surface area contributed by atoms with Crippen molar-refractivity contribution in [2.24, 2.45) is 5.73 Å². The van der Waals surface area contributed by atoms with Crippen LogP contribution in [0.15, 0.2) is 6.33 Å². The summed E-state index contributed by atoms with van der Waals surface area (Å²) in [4.78, 5) is 15.2. The third-order valence-electron chi connectivity index (χ3n) is 1.76. The third kappa shape index (κ3) is 2.29. The fraction of sp³-hybridized carbons (Fsp3) is 0.625. The Bertz CT molecular complexity index is 310. The van der Waals surface area contributed by atoms with Gasteiger partial charge >= 0.3 is 5.97 Å². The van der Waals surface area contributed by atoms with Crippen LogP contribution in [0.4, 0.5) is 0 Å². The second kappa shape index (κ2) is 4.71. The van der Waals surface area contributed by atoms with E-state index in [1.807, 2.05) is 0 Å². The summed E-state index contributed by atoms with van der Waals surface area (Å²) >= 11 is 0. The average molecular weight is 198 g/mol. The first-order valence-electron chi connectivity index (χ1n) is 4.45. The van der Waals surface area contributed by atoms with Crippen molar-refractivity contribution in [3.05, 3.63) is 12.2 Å². The fourth-order valence-electron chi connectivity index (χ4n) is 0.962. The first kappa shape index (κ1) is 10.6. The minimum absolute atomic E-state index is 0.266. The van der Waals surface area contributed by atoms with Crippen LogP contribution in [0.3, 0.4) is 0 Å². The van der Waals surface area contributed by atoms with E-state index in [4.69, 9.17) is 10.5 Å². The molecule has 1 aromatic rings. The zero-order valence-corrected chi connectivity index (χ0v) is 8.30. The molecule has 78 valence electrons. The van der Waals surface area contributed by atoms with Crippen molar-refractivity contribution < 1.29 is 9.53 Å². The number of carbonyl (C=O) groups excluding carboxylic acids is 1. The summed E-state index contributed by atoms with van der Waals surface area (Å²) in [6.07, 6.45) is 1.48. The molecule has 6 heteroatoms. The molecule has 1 heterocycles. The third-order valence-corrected chi connectivity index (χ3v) is 1.76. The first-order chi connectivity index (χ1) is 6.69. The highest BCUT2D eigenvalue weighted by Gasteiger charge is 2.17. The van der Waals surface area contributed by atoms with Crippen LogP contribution < -0.4 is 5.73 Å². The Kier molecular flexibility index (Phi) is 3.58. The van der Waals surface area contributed by atoms with E-state index < -0.39 is 6.04 Å². The van der Waals surface area contributed by atoms with E-state index in [-0.39, 0.29) is 12.5 Å². The molecule has 1 unspecified atom stereocenters. The molecule has 1 aromatic heterocycles. The topological polar surface area (TPSA) is 83.0 Å². The normalized spacial score (nSPS) is 12.5. The summed E-state index contributed by atoms with van der Waals surface area (Å²) < 4.78 is 6.29. The summed E-state index contributed by atoms with van der Waals surface area (Å²) in [7, 11) is 0. The van der Waals surface area contributed by atoms with Crippen LogP contribution in [0, 0.1) is 0 Å². The SMILES string of the molecule is CCOC(=O)C(C)n1cnc(CN)n1. The molecule has 0 radical (unpaired) electrons. The fourth-order valence-corrected chi connectivity index (χ4v) is 0.962. The van der Waals surface area contributed by atoms with Gasteiger partial charge in [0.2, 0.25) is 0 Å². The Hall–Kier alpha value is -1.43. The molecule has 1 atom stereocenters. The Morgan fingerprint density at radius 1 is 1.79 bits per heavy atom. The molecule has 0 fully saturated rings. The maximum absolute atomic E-state index is 11.3. The van der Waals surface area contributed by atoms with Gasteiger partial charge in [-0.1, -0.05) is 0 Å². The molecule has 0 amide bonds. The molecule has 14 heavy (non-hydrogen) atoms. The van der Waals surface area contributed by atoms with E-state index in [0.29, 0.717) is 12.4 Å². The maximum atomic E-state index is 11.3. The van der Waals surface area contributed by atoms with Crippen molar-refractivity contribution in [2.45, 2.75) is 26.4 Å². The summed E-state index contributed by atoms with van der Waals surface area (Å²) in [6.45, 7) is 4.09. The highest BCUT2D eigenvalue weighted by atomic mass is 16.5. The lowest BCUT2D eigenvalue weighted by molar-refractivity contribution is -0.146. The number of rotatable bonds is 4. The minimum Gasteiger partial charge on any atom is -0.464 e. The number of nitrogens with two attached hydrogens (primary N) is 1. The van der Waals surface area contributed by atoms with Crippen molar-refractivity contribution >= 4 is 5.97 Å². The van der Waals surface area contributed by atoms with Gasteiger partial charge in [0.15, 0.2) is 5.82 Å². The van der Waals surface area contributed by atoms with Crippen LogP contribution in [0.25, 0.3) is 0 Å². The van der Waals surface area contributed by atoms with Gasteiger partial charge in [-0.05, 0) is 13.8 Å². The molecular weight excluding hydrogens is 184 g/mol. The Balaban J connectivity index is 2.68. The summed E-state index contributed by atoms with van der Waals surface area (Å²) in [5.41, 5.74) is 5.34. The molecule has 0 aliphatic rings. The highest BCUT2D eigenvalue weighted by Crippen LogP contribution is 2.05. The van der Waals surface area contributed by atoms with Gasteiger partial charge in [0.1, 0.15) is 12.4 Å². The van der Waals surface area contributed by atoms with E-state index in [1.54, 1.807) is 13.8 Å². The lowest BCUT2D eigenvalue weighted by atomic mass is 10.3. The average Bonchev–Trinajstić information content (AvgIpc) is 2.65. The monoisotopic (exact) mass is 198 g/mol. The Morgan fingerprint density at radius 2 is 2.50 bits per heavy atom. The van der Waals surface area contributed by atoms with E-state index in [1.165, 1.54) is 11.0 Å². The van der Waals surface area contributed by atoms with Crippen molar-refractivity contribution in [3.8, 4) is 0 Å². The minimum atomic E-state index is -0.456. The number of carbonyl (C=O) groups is 1. The van der Waals surface area contributed by atoms with Crippen molar-refractivity contribution in [1.29, 1.82) is 0 Å². The number of esters is 1. The van der Waals surface area contributed by atoms with E-state index in [0.717, 1.165) is 0 Å². The van der Waals surface area contributed by atoms with Gasteiger partial charge in [-0.2, -0.15) is 5.10 Å². The lowest BCUT2D eigenvalue weighted by Gasteiger charge is -2.09. The van der Waals surface area contributed by atoms with Gasteiger partial charge in [0.25, 0.3) is 0 Å². The summed E-state index contributed by atoms with van der Waals surface area (Å²) in [5.74, 6) is 0.196. The van der Waals surface area contributed by atoms with Crippen LogP contribution >= 0.6 is 0 Å². The van der Waals surface area contributed by atoms with Gasteiger partial charge in [-0.15, -0.1) is 0 Å². The summed E-state index contributed by atoms with van der Waals surface area (Å²) in [5, 5.41) is 4.01. The first-order valence-corrected chi connectivity index (χ1v) is 4.45. The summed E-state index contributed by atoms with van der Waals surface area (Å²) in [6, 6.07) is -0.456. The number of hydrogen-bond donors (Lipinski definition) is 1. The molecule has 0 saturated carbocycles. The maximum Gasteiger partial charge on any atom is 0.330 e. The molecule has 0 aliphatic carbocycles. The van der Waals surface area contributed by atoms with Gasteiger partial charge in [0.05, 0.1) is 13.2 Å². The predicted octanol–water partition coefficient (Wildman–Crippen LogP) is -0.139. The van der Waals surface area contributed by atoms with Crippen LogP contribution in [0.2, 0.25) is 0 Å². The Morgan fingerprint density at radius 3 is 3.00 bits per heavy atom. The van der Waals surface area contributed by atoms with Crippen LogP contribution in [0.5, 0.6) is 0 Å². The predicted molar refractivity (Wildman–Crippen MR) is 49.3 cm³/mol. The zero-order chi connectivity index (χ0) is 10.6. The molecule has 2 N–H and O–H groups in total. The molecule has 1 rings (SSSR count). The van der Waals surface area contributed by atoms with E-state index in [9.17, 15) is 4.79 Å². The highest BCUT2D eigenvalue weighted by molar-refractivity contribution is 5.73. The quantitative estimate of drug-likeness (QED) is 0.681. The van der Waals surface area contributed by atoms with Crippen LogP contribution in [-0.2, 0) is 16.1 Å². The van der Waals surface area contributed by atoms with Gasteiger partial charge < -0.3 is 10.5 Å². The van der Waals surface area contributed by atoms with Crippen LogP contribution in [0.1, 0.15) is 25.7 Å². The number of hydrogen-bond acceptors (Lipinski definition) is 5. The number of aromatic nitrogens is 3. The largest absolute Gasteiger partial charge is 0.464 e. The molecule has 0 aliphatic heterocycles. The standard InChI is InChI=1S/C8H14N4O2/c1-3-14-8(13)6(2)12-5-10-7(4-9)11-12/h5-6H,3-4,9H2,1-2H3. The molecule has 0 saturated heterocycles.